The number of hydrogen-bond donors (Lipinski definition) is 1. The molecule has 0 radical (unpaired) electrons. The molecule has 0 saturated carbocycles. The van der Waals surface area contributed by atoms with Gasteiger partial charge in [-0.25, -0.2) is 0 Å². The highest BCUT2D eigenvalue weighted by molar-refractivity contribution is 7.10. The summed E-state index contributed by atoms with van der Waals surface area (Å²) in [4.78, 5) is 13.4. The molecule has 0 spiro atoms. The molecule has 1 saturated heterocycles. The van der Waals surface area contributed by atoms with E-state index in [-0.39, 0.29) is 17.4 Å². The third-order valence-corrected chi connectivity index (χ3v) is 4.51. The average Bonchev–Trinajstić information content (AvgIpc) is 2.79. The molecule has 1 aromatic rings. The summed E-state index contributed by atoms with van der Waals surface area (Å²) in [7, 11) is 0. The number of carbonyl (C=O) groups excluding carboxylic acids is 1. The molecule has 1 aliphatic rings. The van der Waals surface area contributed by atoms with Crippen LogP contribution < -0.4 is 5.32 Å². The summed E-state index contributed by atoms with van der Waals surface area (Å²) >= 11 is 1.66. The minimum absolute atomic E-state index is 0.0497. The monoisotopic (exact) mass is 267 g/mol. The highest BCUT2D eigenvalue weighted by Gasteiger charge is 2.20. The van der Waals surface area contributed by atoms with Gasteiger partial charge in [0.15, 0.2) is 0 Å². The molecule has 1 fully saturated rings. The molecule has 0 aromatic carbocycles. The van der Waals surface area contributed by atoms with Crippen molar-refractivity contribution in [3.8, 4) is 0 Å². The molecule has 3 nitrogen and oxygen atoms in total. The first-order valence-electron chi connectivity index (χ1n) is 6.44. The van der Waals surface area contributed by atoms with Crippen LogP contribution in [-0.4, -0.2) is 25.2 Å². The smallest absolute Gasteiger partial charge is 0.252 e. The van der Waals surface area contributed by atoms with E-state index >= 15 is 0 Å². The second-order valence-corrected chi connectivity index (χ2v) is 6.72. The van der Waals surface area contributed by atoms with Gasteiger partial charge < -0.3 is 10.1 Å². The van der Waals surface area contributed by atoms with Gasteiger partial charge in [-0.2, -0.15) is 0 Å². The van der Waals surface area contributed by atoms with Gasteiger partial charge in [0.2, 0.25) is 0 Å². The molecular weight excluding hydrogens is 246 g/mol. The van der Waals surface area contributed by atoms with E-state index < -0.39 is 0 Å². The number of rotatable bonds is 2. The summed E-state index contributed by atoms with van der Waals surface area (Å²) in [5.74, 6) is 0.0497. The van der Waals surface area contributed by atoms with Crippen molar-refractivity contribution in [3.05, 3.63) is 21.9 Å². The van der Waals surface area contributed by atoms with E-state index in [0.717, 1.165) is 31.6 Å². The fourth-order valence-electron chi connectivity index (χ4n) is 1.96. The second kappa shape index (κ2) is 5.41. The van der Waals surface area contributed by atoms with Crippen LogP contribution in [0.25, 0.3) is 0 Å². The number of amides is 1. The van der Waals surface area contributed by atoms with Gasteiger partial charge in [0.1, 0.15) is 0 Å². The van der Waals surface area contributed by atoms with E-state index in [9.17, 15) is 4.79 Å². The molecule has 0 aliphatic carbocycles. The number of carbonyl (C=O) groups is 1. The Kier molecular flexibility index (Phi) is 4.07. The lowest BCUT2D eigenvalue weighted by molar-refractivity contribution is 0.0696. The predicted octanol–water partition coefficient (Wildman–Crippen LogP) is 2.95. The quantitative estimate of drug-likeness (QED) is 0.894. The van der Waals surface area contributed by atoms with E-state index in [1.165, 1.54) is 4.88 Å². The van der Waals surface area contributed by atoms with Crippen LogP contribution in [0.4, 0.5) is 0 Å². The van der Waals surface area contributed by atoms with Crippen molar-refractivity contribution < 1.29 is 9.53 Å². The van der Waals surface area contributed by atoms with E-state index in [0.29, 0.717) is 0 Å². The SMILES string of the molecule is CC(C)(C)c1cc(C(=O)NC2CCOCC2)cs1. The highest BCUT2D eigenvalue weighted by atomic mass is 32.1. The maximum absolute atomic E-state index is 12.1. The molecule has 0 atom stereocenters. The van der Waals surface area contributed by atoms with Crippen LogP contribution in [0, 0.1) is 0 Å². The van der Waals surface area contributed by atoms with E-state index in [2.05, 4.69) is 26.1 Å². The first kappa shape index (κ1) is 13.6. The van der Waals surface area contributed by atoms with Gasteiger partial charge >= 0.3 is 0 Å². The van der Waals surface area contributed by atoms with Crippen molar-refractivity contribution in [2.45, 2.75) is 45.1 Å². The normalized spacial score (nSPS) is 17.7. The fourth-order valence-corrected chi connectivity index (χ4v) is 2.94. The number of ether oxygens (including phenoxy) is 1. The van der Waals surface area contributed by atoms with Gasteiger partial charge in [-0.1, -0.05) is 20.8 Å². The van der Waals surface area contributed by atoms with Crippen LogP contribution in [0.1, 0.15) is 48.8 Å². The van der Waals surface area contributed by atoms with Crippen molar-refractivity contribution in [1.82, 2.24) is 5.32 Å². The minimum atomic E-state index is 0.0497. The summed E-state index contributed by atoms with van der Waals surface area (Å²) in [6.07, 6.45) is 1.84. The van der Waals surface area contributed by atoms with Gasteiger partial charge in [-0.15, -0.1) is 11.3 Å². The Hall–Kier alpha value is -0.870. The zero-order valence-corrected chi connectivity index (χ0v) is 12.1. The third kappa shape index (κ3) is 3.33. The van der Waals surface area contributed by atoms with Crippen LogP contribution in [0.2, 0.25) is 0 Å². The second-order valence-electron chi connectivity index (χ2n) is 5.81. The lowest BCUT2D eigenvalue weighted by Gasteiger charge is -2.22. The summed E-state index contributed by atoms with van der Waals surface area (Å²) < 4.78 is 5.29. The van der Waals surface area contributed by atoms with Crippen LogP contribution >= 0.6 is 11.3 Å². The van der Waals surface area contributed by atoms with Crippen molar-refractivity contribution in [3.63, 3.8) is 0 Å². The molecule has 0 unspecified atom stereocenters. The van der Waals surface area contributed by atoms with Crippen LogP contribution in [0.3, 0.4) is 0 Å². The largest absolute Gasteiger partial charge is 0.381 e. The van der Waals surface area contributed by atoms with Gasteiger partial charge in [0.25, 0.3) is 5.91 Å². The molecule has 1 aromatic heterocycles. The van der Waals surface area contributed by atoms with Crippen molar-refractivity contribution in [1.29, 1.82) is 0 Å². The first-order chi connectivity index (χ1) is 8.47. The Morgan fingerprint density at radius 3 is 2.61 bits per heavy atom. The van der Waals surface area contributed by atoms with Gasteiger partial charge in [0, 0.05) is 29.5 Å². The molecule has 1 aliphatic heterocycles. The zero-order chi connectivity index (χ0) is 13.2. The van der Waals surface area contributed by atoms with E-state index in [1.54, 1.807) is 11.3 Å². The van der Waals surface area contributed by atoms with Gasteiger partial charge in [-0.3, -0.25) is 4.79 Å². The molecule has 1 amide bonds. The predicted molar refractivity (Wildman–Crippen MR) is 74.3 cm³/mol. The van der Waals surface area contributed by atoms with Crippen molar-refractivity contribution >= 4 is 17.2 Å². The molecule has 0 bridgehead atoms. The van der Waals surface area contributed by atoms with Crippen LogP contribution in [0.5, 0.6) is 0 Å². The van der Waals surface area contributed by atoms with E-state index in [4.69, 9.17) is 4.74 Å². The summed E-state index contributed by atoms with van der Waals surface area (Å²) in [6, 6.07) is 2.28. The summed E-state index contributed by atoms with van der Waals surface area (Å²) in [6.45, 7) is 8.00. The molecule has 18 heavy (non-hydrogen) atoms. The Morgan fingerprint density at radius 1 is 1.39 bits per heavy atom. The Balaban J connectivity index is 1.98. The average molecular weight is 267 g/mol. The molecular formula is C14H21NO2S. The summed E-state index contributed by atoms with van der Waals surface area (Å²) in [5.41, 5.74) is 0.901. The highest BCUT2D eigenvalue weighted by Crippen LogP contribution is 2.28. The minimum Gasteiger partial charge on any atom is -0.381 e. The maximum atomic E-state index is 12.1. The maximum Gasteiger partial charge on any atom is 0.252 e. The molecule has 2 rings (SSSR count). The number of thiophene rings is 1. The number of hydrogen-bond acceptors (Lipinski definition) is 3. The third-order valence-electron chi connectivity index (χ3n) is 3.16. The molecule has 100 valence electrons. The van der Waals surface area contributed by atoms with Gasteiger partial charge in [0.05, 0.1) is 5.56 Å². The summed E-state index contributed by atoms with van der Waals surface area (Å²) in [5, 5.41) is 5.04. The topological polar surface area (TPSA) is 38.3 Å². The number of nitrogens with one attached hydrogen (secondary N) is 1. The Labute approximate surface area is 113 Å². The Morgan fingerprint density at radius 2 is 2.06 bits per heavy atom. The van der Waals surface area contributed by atoms with Crippen molar-refractivity contribution in [2.75, 3.05) is 13.2 Å². The van der Waals surface area contributed by atoms with Crippen LogP contribution in [0.15, 0.2) is 11.4 Å². The van der Waals surface area contributed by atoms with Crippen molar-refractivity contribution in [2.24, 2.45) is 0 Å². The van der Waals surface area contributed by atoms with Crippen LogP contribution in [-0.2, 0) is 10.2 Å². The zero-order valence-electron chi connectivity index (χ0n) is 11.3. The lowest BCUT2D eigenvalue weighted by atomic mass is 9.94. The lowest BCUT2D eigenvalue weighted by Crippen LogP contribution is -2.38. The fraction of sp³-hybridized carbons (Fsp3) is 0.643. The molecule has 1 N–H and O–H groups in total. The molecule has 2 heterocycles. The van der Waals surface area contributed by atoms with E-state index in [1.807, 2.05) is 11.4 Å². The Bertz CT molecular complexity index is 414. The standard InChI is InChI=1S/C14H21NO2S/c1-14(2,3)12-8-10(9-18-12)13(16)15-11-4-6-17-7-5-11/h8-9,11H,4-7H2,1-3H3,(H,15,16). The first-order valence-corrected chi connectivity index (χ1v) is 7.32. The van der Waals surface area contributed by atoms with Gasteiger partial charge in [-0.05, 0) is 24.3 Å². The molecule has 4 heteroatoms.